The van der Waals surface area contributed by atoms with Crippen molar-refractivity contribution in [2.75, 3.05) is 12.0 Å². The molecular formula is C16H16BrN5OS. The molecule has 124 valence electrons. The maximum atomic E-state index is 5.68. The largest absolute Gasteiger partial charge is 0.494 e. The van der Waals surface area contributed by atoms with Crippen LogP contribution in [0.4, 0.5) is 0 Å². The van der Waals surface area contributed by atoms with Gasteiger partial charge in [0.15, 0.2) is 5.82 Å². The maximum Gasteiger partial charge on any atom is 0.214 e. The maximum absolute atomic E-state index is 5.68. The summed E-state index contributed by atoms with van der Waals surface area (Å²) in [5.74, 6) is 1.55. The third kappa shape index (κ3) is 3.65. The number of nitrogens with zero attached hydrogens (tertiary/aromatic N) is 3. The standard InChI is InChI=1S/C16H16BrN5OS/c1-2-23-14-4-3-13(17)9-12(14)10-19-22-15(20-21-16(22)24)11-5-7-18-8-6-11/h3-9,19H,2,10H2,1H3,(H,21,24). The lowest BCUT2D eigenvalue weighted by Gasteiger charge is -2.14. The van der Waals surface area contributed by atoms with Gasteiger partial charge in [-0.2, -0.15) is 5.10 Å². The number of pyridine rings is 1. The van der Waals surface area contributed by atoms with Crippen LogP contribution >= 0.6 is 28.1 Å². The van der Waals surface area contributed by atoms with Crippen LogP contribution in [0.1, 0.15) is 12.5 Å². The Morgan fingerprint density at radius 1 is 1.29 bits per heavy atom. The molecule has 0 aliphatic rings. The van der Waals surface area contributed by atoms with E-state index < -0.39 is 0 Å². The minimum absolute atomic E-state index is 0.495. The topological polar surface area (TPSA) is 67.8 Å². The SMILES string of the molecule is CCOc1ccc(Br)cc1CNn1c(-c2ccncc2)n[nH]c1=S. The molecule has 0 radical (unpaired) electrons. The van der Waals surface area contributed by atoms with Gasteiger partial charge in [0, 0.05) is 28.0 Å². The number of hydrogen-bond donors (Lipinski definition) is 2. The van der Waals surface area contributed by atoms with E-state index in [4.69, 9.17) is 17.0 Å². The predicted octanol–water partition coefficient (Wildman–Crippen LogP) is 3.91. The molecule has 2 N–H and O–H groups in total. The minimum Gasteiger partial charge on any atom is -0.494 e. The molecule has 8 heteroatoms. The molecule has 3 rings (SSSR count). The van der Waals surface area contributed by atoms with E-state index in [2.05, 4.69) is 36.5 Å². The zero-order chi connectivity index (χ0) is 16.9. The Hall–Kier alpha value is -2.19. The van der Waals surface area contributed by atoms with Crippen molar-refractivity contribution in [2.24, 2.45) is 0 Å². The number of ether oxygens (including phenoxy) is 1. The molecule has 0 atom stereocenters. The second kappa shape index (κ2) is 7.59. The Bertz CT molecular complexity index is 878. The molecule has 0 spiro atoms. The van der Waals surface area contributed by atoms with Crippen molar-refractivity contribution >= 4 is 28.1 Å². The van der Waals surface area contributed by atoms with Crippen molar-refractivity contribution in [1.29, 1.82) is 0 Å². The van der Waals surface area contributed by atoms with Gasteiger partial charge in [0.25, 0.3) is 0 Å². The van der Waals surface area contributed by atoms with E-state index >= 15 is 0 Å². The van der Waals surface area contributed by atoms with Crippen LogP contribution in [-0.2, 0) is 6.54 Å². The molecule has 0 amide bonds. The summed E-state index contributed by atoms with van der Waals surface area (Å²) in [7, 11) is 0. The van der Waals surface area contributed by atoms with Crippen molar-refractivity contribution in [2.45, 2.75) is 13.5 Å². The Kier molecular flexibility index (Phi) is 5.27. The molecular weight excluding hydrogens is 390 g/mol. The first-order valence-corrected chi connectivity index (χ1v) is 8.62. The summed E-state index contributed by atoms with van der Waals surface area (Å²) >= 11 is 8.82. The molecule has 1 aromatic carbocycles. The highest BCUT2D eigenvalue weighted by molar-refractivity contribution is 9.10. The van der Waals surface area contributed by atoms with Crippen LogP contribution in [0.2, 0.25) is 0 Å². The summed E-state index contributed by atoms with van der Waals surface area (Å²) in [5.41, 5.74) is 5.24. The smallest absolute Gasteiger partial charge is 0.214 e. The highest BCUT2D eigenvalue weighted by atomic mass is 79.9. The number of halogens is 1. The lowest BCUT2D eigenvalue weighted by molar-refractivity contribution is 0.336. The molecule has 0 aliphatic heterocycles. The van der Waals surface area contributed by atoms with Crippen molar-refractivity contribution in [3.05, 3.63) is 57.5 Å². The van der Waals surface area contributed by atoms with Crippen LogP contribution in [0.3, 0.4) is 0 Å². The van der Waals surface area contributed by atoms with Gasteiger partial charge in [0.1, 0.15) is 5.75 Å². The van der Waals surface area contributed by atoms with Crippen molar-refractivity contribution in [3.63, 3.8) is 0 Å². The third-order valence-corrected chi connectivity index (χ3v) is 4.13. The number of rotatable bonds is 6. The number of aromatic amines is 1. The molecule has 0 saturated heterocycles. The van der Waals surface area contributed by atoms with E-state index in [9.17, 15) is 0 Å². The van der Waals surface area contributed by atoms with Crippen molar-refractivity contribution in [1.82, 2.24) is 19.9 Å². The number of nitrogens with one attached hydrogen (secondary N) is 2. The van der Waals surface area contributed by atoms with Gasteiger partial charge in [0.2, 0.25) is 4.77 Å². The van der Waals surface area contributed by atoms with E-state index in [1.165, 1.54) is 0 Å². The highest BCUT2D eigenvalue weighted by Crippen LogP contribution is 2.24. The highest BCUT2D eigenvalue weighted by Gasteiger charge is 2.10. The first kappa shape index (κ1) is 16.7. The van der Waals surface area contributed by atoms with Crippen LogP contribution < -0.4 is 10.2 Å². The van der Waals surface area contributed by atoms with Gasteiger partial charge in [-0.25, -0.2) is 9.77 Å². The van der Waals surface area contributed by atoms with E-state index in [1.54, 1.807) is 17.1 Å². The Morgan fingerprint density at radius 2 is 2.08 bits per heavy atom. The predicted molar refractivity (Wildman–Crippen MR) is 99.0 cm³/mol. The van der Waals surface area contributed by atoms with Gasteiger partial charge in [-0.3, -0.25) is 4.98 Å². The zero-order valence-electron chi connectivity index (χ0n) is 13.0. The molecule has 2 heterocycles. The van der Waals surface area contributed by atoms with E-state index in [0.717, 1.165) is 21.3 Å². The van der Waals surface area contributed by atoms with Crippen LogP contribution in [0.25, 0.3) is 11.4 Å². The fourth-order valence-corrected chi connectivity index (χ4v) is 2.89. The molecule has 0 saturated carbocycles. The Balaban J connectivity index is 1.87. The molecule has 0 fully saturated rings. The van der Waals surface area contributed by atoms with Crippen molar-refractivity contribution < 1.29 is 4.74 Å². The van der Waals surface area contributed by atoms with Gasteiger partial charge >= 0.3 is 0 Å². The molecule has 3 aromatic rings. The first-order valence-electron chi connectivity index (χ1n) is 7.42. The number of H-pyrrole nitrogens is 1. The van der Waals surface area contributed by atoms with Gasteiger partial charge in [-0.05, 0) is 49.5 Å². The Morgan fingerprint density at radius 3 is 2.83 bits per heavy atom. The van der Waals surface area contributed by atoms with Gasteiger partial charge in [0.05, 0.1) is 13.2 Å². The van der Waals surface area contributed by atoms with Crippen LogP contribution in [0.5, 0.6) is 5.75 Å². The Labute approximate surface area is 153 Å². The van der Waals surface area contributed by atoms with Gasteiger partial charge in [-0.1, -0.05) is 15.9 Å². The second-order valence-corrected chi connectivity index (χ2v) is 6.25. The summed E-state index contributed by atoms with van der Waals surface area (Å²) in [4.78, 5) is 4.03. The minimum atomic E-state index is 0.495. The summed E-state index contributed by atoms with van der Waals surface area (Å²) in [5, 5.41) is 7.11. The first-order chi connectivity index (χ1) is 11.7. The second-order valence-electron chi connectivity index (χ2n) is 4.94. The number of benzene rings is 1. The number of aromatic nitrogens is 4. The average Bonchev–Trinajstić information content (AvgIpc) is 2.97. The third-order valence-electron chi connectivity index (χ3n) is 3.36. The van der Waals surface area contributed by atoms with Crippen LogP contribution in [0.15, 0.2) is 47.2 Å². The van der Waals surface area contributed by atoms with Crippen LogP contribution in [0, 0.1) is 4.77 Å². The van der Waals surface area contributed by atoms with E-state index in [0.29, 0.717) is 23.7 Å². The van der Waals surface area contributed by atoms with Crippen molar-refractivity contribution in [3.8, 4) is 17.1 Å². The summed E-state index contributed by atoms with van der Waals surface area (Å²) < 4.78 is 8.92. The van der Waals surface area contributed by atoms with Gasteiger partial charge in [-0.15, -0.1) is 0 Å². The molecule has 0 bridgehead atoms. The van der Waals surface area contributed by atoms with Crippen LogP contribution in [-0.4, -0.2) is 26.5 Å². The normalized spacial score (nSPS) is 10.6. The summed E-state index contributed by atoms with van der Waals surface area (Å²) in [6, 6.07) is 9.69. The lowest BCUT2D eigenvalue weighted by Crippen LogP contribution is -2.16. The van der Waals surface area contributed by atoms with Gasteiger partial charge < -0.3 is 10.2 Å². The summed E-state index contributed by atoms with van der Waals surface area (Å²) in [6.07, 6.45) is 3.44. The fourth-order valence-electron chi connectivity index (χ4n) is 2.28. The monoisotopic (exact) mass is 405 g/mol. The quantitative estimate of drug-likeness (QED) is 0.608. The average molecular weight is 406 g/mol. The molecule has 6 nitrogen and oxygen atoms in total. The number of hydrogen-bond acceptors (Lipinski definition) is 5. The zero-order valence-corrected chi connectivity index (χ0v) is 15.4. The van der Waals surface area contributed by atoms with E-state index in [-0.39, 0.29) is 0 Å². The molecule has 0 aliphatic carbocycles. The molecule has 0 unspecified atom stereocenters. The summed E-state index contributed by atoms with van der Waals surface area (Å²) in [6.45, 7) is 3.12. The molecule has 24 heavy (non-hydrogen) atoms. The molecule has 2 aromatic heterocycles. The van der Waals surface area contributed by atoms with E-state index in [1.807, 2.05) is 37.3 Å². The lowest BCUT2D eigenvalue weighted by atomic mass is 10.2. The fraction of sp³-hybridized carbons (Fsp3) is 0.188.